The van der Waals surface area contributed by atoms with Crippen LogP contribution in [0.4, 0.5) is 13.2 Å². The topological polar surface area (TPSA) is 59.1 Å². The molecule has 0 aromatic heterocycles. The highest BCUT2D eigenvalue weighted by molar-refractivity contribution is 6.00. The second kappa shape index (κ2) is 4.34. The van der Waals surface area contributed by atoms with Gasteiger partial charge in [-0.2, -0.15) is 18.2 Å². The summed E-state index contributed by atoms with van der Waals surface area (Å²) in [7, 11) is 0. The van der Waals surface area contributed by atoms with Crippen LogP contribution in [0.3, 0.4) is 0 Å². The first-order valence-electron chi connectivity index (χ1n) is 4.34. The molecule has 0 bridgehead atoms. The summed E-state index contributed by atoms with van der Waals surface area (Å²) in [6.45, 7) is 1.39. The van der Waals surface area contributed by atoms with Crippen molar-refractivity contribution in [2.24, 2.45) is 4.99 Å². The minimum Gasteiger partial charge on any atom is -0.578 e. The lowest BCUT2D eigenvalue weighted by molar-refractivity contribution is -0.137. The van der Waals surface area contributed by atoms with Gasteiger partial charge in [0.25, 0.3) is 0 Å². The van der Waals surface area contributed by atoms with Gasteiger partial charge in [0.2, 0.25) is 0 Å². The molecule has 3 N–H and O–H groups in total. The van der Waals surface area contributed by atoms with Gasteiger partial charge in [-0.15, -0.1) is 0 Å². The maximum absolute atomic E-state index is 12.2. The average molecular weight is 231 g/mol. The molecule has 16 heavy (non-hydrogen) atoms. The molecule has 0 radical (unpaired) electrons. The lowest BCUT2D eigenvalue weighted by Crippen LogP contribution is -2.06. The zero-order chi connectivity index (χ0) is 12.3. The van der Waals surface area contributed by atoms with Crippen LogP contribution in [0.25, 0.3) is 0 Å². The Hall–Kier alpha value is -1.85. The van der Waals surface area contributed by atoms with Gasteiger partial charge in [-0.1, -0.05) is 0 Å². The maximum atomic E-state index is 12.2. The van der Waals surface area contributed by atoms with E-state index in [4.69, 9.17) is 10.5 Å². The van der Waals surface area contributed by atoms with E-state index in [0.29, 0.717) is 0 Å². The van der Waals surface area contributed by atoms with Crippen molar-refractivity contribution in [2.75, 3.05) is 0 Å². The number of nitrogens with zero attached hydrogens (tertiary/aromatic N) is 1. The van der Waals surface area contributed by atoms with E-state index in [-0.39, 0.29) is 17.3 Å². The fraction of sp³-hybridized carbons (Fsp3) is 0.200. The molecule has 0 fully saturated rings. The average Bonchev–Trinajstić information content (AvgIpc) is 2.15. The normalized spacial score (nSPS) is 12.6. The number of rotatable bonds is 1. The lowest BCUT2D eigenvalue weighted by Gasteiger charge is -2.05. The van der Waals surface area contributed by atoms with E-state index in [0.717, 1.165) is 24.3 Å². The number of nitrogens with one attached hydrogen (secondary N) is 1. The van der Waals surface area contributed by atoms with E-state index in [2.05, 4.69) is 4.99 Å². The Morgan fingerprint density at radius 3 is 2.12 bits per heavy atom. The summed E-state index contributed by atoms with van der Waals surface area (Å²) in [6, 6.07) is 4.10. The molecule has 0 saturated heterocycles. The van der Waals surface area contributed by atoms with Crippen molar-refractivity contribution >= 4 is 11.7 Å². The number of halogens is 3. The van der Waals surface area contributed by atoms with Crippen molar-refractivity contribution in [3.8, 4) is 0 Å². The molecule has 1 rings (SSSR count). The van der Waals surface area contributed by atoms with E-state index < -0.39 is 11.7 Å². The molecule has 86 valence electrons. The highest BCUT2D eigenvalue weighted by Crippen LogP contribution is 2.29. The van der Waals surface area contributed by atoms with Crippen LogP contribution in [0.15, 0.2) is 29.3 Å². The van der Waals surface area contributed by atoms with Crippen LogP contribution in [-0.2, 0) is 6.18 Å². The van der Waals surface area contributed by atoms with Crippen molar-refractivity contribution in [1.29, 1.82) is 5.41 Å². The molecule has 0 saturated carbocycles. The summed E-state index contributed by atoms with van der Waals surface area (Å²) in [5.41, 5.74) is -0.518. The summed E-state index contributed by atoms with van der Waals surface area (Å²) in [5.74, 6) is -0.286. The van der Waals surface area contributed by atoms with Crippen molar-refractivity contribution in [2.45, 2.75) is 13.1 Å². The third-order valence-corrected chi connectivity index (χ3v) is 1.77. The van der Waals surface area contributed by atoms with Crippen molar-refractivity contribution in [1.82, 2.24) is 0 Å². The fourth-order valence-electron chi connectivity index (χ4n) is 1.05. The van der Waals surface area contributed by atoms with Gasteiger partial charge in [0.1, 0.15) is 5.84 Å². The molecule has 0 amide bonds. The number of hydrogen-bond donors (Lipinski definition) is 1. The predicted molar refractivity (Wildman–Crippen MR) is 55.0 cm³/mol. The fourth-order valence-corrected chi connectivity index (χ4v) is 1.05. The van der Waals surface area contributed by atoms with Crippen LogP contribution in [-0.4, -0.2) is 16.8 Å². The van der Waals surface area contributed by atoms with E-state index in [1.54, 1.807) is 0 Å². The van der Waals surface area contributed by atoms with Gasteiger partial charge in [0, 0.05) is 0 Å². The quantitative estimate of drug-likeness (QED) is 0.437. The van der Waals surface area contributed by atoms with E-state index in [9.17, 15) is 13.2 Å². The summed E-state index contributed by atoms with van der Waals surface area (Å²) >= 11 is 0. The standard InChI is InChI=1S/C10H9F3N2O/c1-6(14)15-9(16)7-2-4-8(5-3-7)10(11,12)13/h2-5H,1H3,(H2,14,15,16)/p+1. The molecule has 6 heteroatoms. The summed E-state index contributed by atoms with van der Waals surface area (Å²) in [4.78, 5) is 3.52. The van der Waals surface area contributed by atoms with Gasteiger partial charge >= 0.3 is 12.1 Å². The number of amidine groups is 1. The highest BCUT2D eigenvalue weighted by Gasteiger charge is 2.30. The molecule has 3 nitrogen and oxygen atoms in total. The molecule has 0 atom stereocenters. The smallest absolute Gasteiger partial charge is 0.416 e. The number of hydrogen-bond acceptors (Lipinski definition) is 1. The third kappa shape index (κ3) is 3.08. The summed E-state index contributed by atoms with van der Waals surface area (Å²) in [5, 5.41) is 14.4. The first kappa shape index (κ1) is 12.2. The Balaban J connectivity index is 3.00. The number of benzene rings is 1. The molecular formula is C10H10F3N2O+. The SMILES string of the molecule is CC(=N)N=C([OH2+])c1ccc(C(F)(F)F)cc1. The van der Waals surface area contributed by atoms with E-state index in [1.165, 1.54) is 6.92 Å². The van der Waals surface area contributed by atoms with Crippen molar-refractivity contribution < 1.29 is 18.3 Å². The largest absolute Gasteiger partial charge is 0.578 e. The minimum atomic E-state index is -4.38. The first-order chi connectivity index (χ1) is 7.30. The summed E-state index contributed by atoms with van der Waals surface area (Å²) in [6.07, 6.45) is -4.38. The molecule has 1 aromatic rings. The van der Waals surface area contributed by atoms with Crippen molar-refractivity contribution in [3.05, 3.63) is 35.4 Å². The van der Waals surface area contributed by atoms with Crippen LogP contribution < -0.4 is 0 Å². The zero-order valence-electron chi connectivity index (χ0n) is 8.39. The molecule has 0 aliphatic rings. The van der Waals surface area contributed by atoms with Gasteiger partial charge in [-0.05, 0) is 31.2 Å². The highest BCUT2D eigenvalue weighted by atomic mass is 19.4. The van der Waals surface area contributed by atoms with Crippen LogP contribution in [0, 0.1) is 5.41 Å². The van der Waals surface area contributed by atoms with Crippen LogP contribution in [0.2, 0.25) is 0 Å². The Kier molecular flexibility index (Phi) is 3.31. The Morgan fingerprint density at radius 1 is 1.25 bits per heavy atom. The molecule has 0 aliphatic heterocycles. The molecule has 0 spiro atoms. The Bertz CT molecular complexity index is 421. The zero-order valence-corrected chi connectivity index (χ0v) is 8.39. The van der Waals surface area contributed by atoms with Gasteiger partial charge < -0.3 is 5.11 Å². The van der Waals surface area contributed by atoms with Crippen molar-refractivity contribution in [3.63, 3.8) is 0 Å². The summed E-state index contributed by atoms with van der Waals surface area (Å²) < 4.78 is 36.7. The Morgan fingerprint density at radius 2 is 1.75 bits per heavy atom. The van der Waals surface area contributed by atoms with E-state index in [1.807, 2.05) is 0 Å². The van der Waals surface area contributed by atoms with Gasteiger partial charge in [-0.3, -0.25) is 5.41 Å². The third-order valence-electron chi connectivity index (χ3n) is 1.77. The van der Waals surface area contributed by atoms with Crippen LogP contribution in [0.1, 0.15) is 18.1 Å². The molecule has 1 aromatic carbocycles. The maximum Gasteiger partial charge on any atom is 0.416 e. The Labute approximate surface area is 89.8 Å². The molecule has 0 heterocycles. The molecular weight excluding hydrogens is 221 g/mol. The number of alkyl halides is 3. The second-order valence-electron chi connectivity index (χ2n) is 3.12. The molecule has 0 unspecified atom stereocenters. The molecule has 0 aliphatic carbocycles. The predicted octanol–water partition coefficient (Wildman–Crippen LogP) is 2.17. The van der Waals surface area contributed by atoms with Crippen LogP contribution >= 0.6 is 0 Å². The lowest BCUT2D eigenvalue weighted by atomic mass is 10.1. The monoisotopic (exact) mass is 231 g/mol. The van der Waals surface area contributed by atoms with Gasteiger partial charge in [0.15, 0.2) is 0 Å². The first-order valence-corrected chi connectivity index (χ1v) is 4.34. The minimum absolute atomic E-state index is 0.0649. The van der Waals surface area contributed by atoms with Gasteiger partial charge in [0.05, 0.1) is 11.1 Å². The van der Waals surface area contributed by atoms with Crippen LogP contribution in [0.5, 0.6) is 0 Å². The second-order valence-corrected chi connectivity index (χ2v) is 3.12. The van der Waals surface area contributed by atoms with Gasteiger partial charge in [-0.25, -0.2) is 0 Å². The number of aliphatic imine (C=N–C) groups is 1. The van der Waals surface area contributed by atoms with E-state index >= 15 is 0 Å².